The molecule has 0 aliphatic heterocycles. The van der Waals surface area contributed by atoms with Crippen LogP contribution in [-0.4, -0.2) is 11.9 Å². The number of primary amides is 1. The van der Waals surface area contributed by atoms with Gasteiger partial charge in [0, 0.05) is 10.5 Å². The van der Waals surface area contributed by atoms with Crippen LogP contribution in [0.2, 0.25) is 0 Å². The fourth-order valence-electron chi connectivity index (χ4n) is 1.43. The number of carbonyl (C=O) groups excluding carboxylic acids is 1. The molecular formula is C12H17BrN2O. The van der Waals surface area contributed by atoms with Crippen LogP contribution in [0.4, 0.5) is 0 Å². The smallest absolute Gasteiger partial charge is 0.239 e. The molecule has 0 fully saturated rings. The van der Waals surface area contributed by atoms with Crippen molar-refractivity contribution in [1.29, 1.82) is 0 Å². The van der Waals surface area contributed by atoms with Crippen molar-refractivity contribution < 1.29 is 4.79 Å². The summed E-state index contributed by atoms with van der Waals surface area (Å²) in [7, 11) is 0. The van der Waals surface area contributed by atoms with Gasteiger partial charge in [0.25, 0.3) is 0 Å². The summed E-state index contributed by atoms with van der Waals surface area (Å²) in [5.74, 6) is -0.349. The van der Waals surface area contributed by atoms with Crippen molar-refractivity contribution in [3.8, 4) is 0 Å². The van der Waals surface area contributed by atoms with Crippen LogP contribution in [0.5, 0.6) is 0 Å². The van der Waals surface area contributed by atoms with E-state index in [4.69, 9.17) is 5.73 Å². The maximum absolute atomic E-state index is 11.4. The molecule has 1 amide bonds. The minimum atomic E-state index is -0.424. The highest BCUT2D eigenvalue weighted by Crippen LogP contribution is 2.18. The third kappa shape index (κ3) is 3.61. The first-order chi connectivity index (χ1) is 7.54. The third-order valence-electron chi connectivity index (χ3n) is 2.53. The van der Waals surface area contributed by atoms with Gasteiger partial charge in [-0.05, 0) is 31.0 Å². The van der Waals surface area contributed by atoms with Gasteiger partial charge in [-0.3, -0.25) is 10.1 Å². The van der Waals surface area contributed by atoms with Crippen LogP contribution in [-0.2, 0) is 4.79 Å². The zero-order valence-corrected chi connectivity index (χ0v) is 11.1. The lowest BCUT2D eigenvalue weighted by molar-refractivity contribution is -0.120. The first kappa shape index (κ1) is 13.2. The van der Waals surface area contributed by atoms with Crippen LogP contribution in [0, 0.1) is 0 Å². The van der Waals surface area contributed by atoms with Gasteiger partial charge in [0.1, 0.15) is 6.04 Å². The Balaban J connectivity index is 2.89. The second kappa shape index (κ2) is 6.01. The molecule has 0 radical (unpaired) electrons. The Labute approximate surface area is 105 Å². The Morgan fingerprint density at radius 3 is 2.75 bits per heavy atom. The van der Waals surface area contributed by atoms with Crippen LogP contribution in [0.1, 0.15) is 31.9 Å². The Bertz CT molecular complexity index is 368. The minimum absolute atomic E-state index is 0.261. The Morgan fingerprint density at radius 1 is 1.56 bits per heavy atom. The molecule has 0 bridgehead atoms. The molecule has 0 aromatic heterocycles. The summed E-state index contributed by atoms with van der Waals surface area (Å²) in [5.41, 5.74) is 6.30. The lowest BCUT2D eigenvalue weighted by Gasteiger charge is -2.20. The molecule has 16 heavy (non-hydrogen) atoms. The van der Waals surface area contributed by atoms with Crippen LogP contribution < -0.4 is 11.1 Å². The number of benzene rings is 1. The first-order valence-electron chi connectivity index (χ1n) is 5.35. The van der Waals surface area contributed by atoms with E-state index in [1.54, 1.807) is 0 Å². The third-order valence-corrected chi connectivity index (χ3v) is 3.02. The molecule has 0 aliphatic rings. The summed E-state index contributed by atoms with van der Waals surface area (Å²) < 4.78 is 0.946. The van der Waals surface area contributed by atoms with E-state index >= 15 is 0 Å². The Hall–Kier alpha value is -0.870. The standard InChI is InChI=1S/C12H17BrN2O/c1-3-8(2)15-11(12(14)16)9-5-4-6-10(13)7-9/h4-8,11,15H,3H2,1-2H3,(H2,14,16). The van der Waals surface area contributed by atoms with Crippen LogP contribution in [0.15, 0.2) is 28.7 Å². The number of nitrogens with one attached hydrogen (secondary N) is 1. The van der Waals surface area contributed by atoms with Crippen molar-refractivity contribution in [3.63, 3.8) is 0 Å². The monoisotopic (exact) mass is 284 g/mol. The molecule has 0 spiro atoms. The van der Waals surface area contributed by atoms with E-state index in [1.807, 2.05) is 31.2 Å². The molecule has 3 nitrogen and oxygen atoms in total. The van der Waals surface area contributed by atoms with E-state index < -0.39 is 6.04 Å². The van der Waals surface area contributed by atoms with Crippen LogP contribution >= 0.6 is 15.9 Å². The van der Waals surface area contributed by atoms with Crippen molar-refractivity contribution in [2.24, 2.45) is 5.73 Å². The van der Waals surface area contributed by atoms with Gasteiger partial charge in [0.2, 0.25) is 5.91 Å². The lowest BCUT2D eigenvalue weighted by Crippen LogP contribution is -2.38. The van der Waals surface area contributed by atoms with Crippen LogP contribution in [0.25, 0.3) is 0 Å². The molecule has 0 aliphatic carbocycles. The summed E-state index contributed by atoms with van der Waals surface area (Å²) >= 11 is 3.38. The molecular weight excluding hydrogens is 268 g/mol. The molecule has 0 heterocycles. The average Bonchev–Trinajstić information content (AvgIpc) is 2.25. The van der Waals surface area contributed by atoms with Gasteiger partial charge < -0.3 is 5.73 Å². The summed E-state index contributed by atoms with van der Waals surface area (Å²) in [4.78, 5) is 11.4. The SMILES string of the molecule is CCC(C)NC(C(N)=O)c1cccc(Br)c1. The molecule has 0 saturated heterocycles. The molecule has 88 valence electrons. The number of rotatable bonds is 5. The predicted molar refractivity (Wildman–Crippen MR) is 69.0 cm³/mol. The van der Waals surface area contributed by atoms with E-state index in [2.05, 4.69) is 28.2 Å². The quantitative estimate of drug-likeness (QED) is 0.872. The fraction of sp³-hybridized carbons (Fsp3) is 0.417. The molecule has 1 rings (SSSR count). The fourth-order valence-corrected chi connectivity index (χ4v) is 1.85. The molecule has 1 aromatic rings. The normalized spacial score (nSPS) is 14.4. The molecule has 2 atom stereocenters. The highest BCUT2D eigenvalue weighted by molar-refractivity contribution is 9.10. The maximum atomic E-state index is 11.4. The topological polar surface area (TPSA) is 55.1 Å². The molecule has 4 heteroatoms. The second-order valence-corrected chi connectivity index (χ2v) is 4.78. The number of halogens is 1. The van der Waals surface area contributed by atoms with Gasteiger partial charge in [-0.25, -0.2) is 0 Å². The highest BCUT2D eigenvalue weighted by Gasteiger charge is 2.19. The first-order valence-corrected chi connectivity index (χ1v) is 6.14. The highest BCUT2D eigenvalue weighted by atomic mass is 79.9. The largest absolute Gasteiger partial charge is 0.368 e. The van der Waals surface area contributed by atoms with Crippen LogP contribution in [0.3, 0.4) is 0 Å². The van der Waals surface area contributed by atoms with Gasteiger partial charge in [-0.1, -0.05) is 35.0 Å². The van der Waals surface area contributed by atoms with Crippen molar-refractivity contribution >= 4 is 21.8 Å². The van der Waals surface area contributed by atoms with E-state index in [-0.39, 0.29) is 11.9 Å². The summed E-state index contributed by atoms with van der Waals surface area (Å²) in [5, 5.41) is 3.21. The van der Waals surface area contributed by atoms with Gasteiger partial charge in [0.05, 0.1) is 0 Å². The van der Waals surface area contributed by atoms with E-state index in [1.165, 1.54) is 0 Å². The molecule has 2 unspecified atom stereocenters. The van der Waals surface area contributed by atoms with Crippen molar-refractivity contribution in [2.45, 2.75) is 32.4 Å². The molecule has 0 saturated carbocycles. The van der Waals surface area contributed by atoms with Gasteiger partial charge >= 0.3 is 0 Å². The van der Waals surface area contributed by atoms with Gasteiger partial charge in [0.15, 0.2) is 0 Å². The average molecular weight is 285 g/mol. The maximum Gasteiger partial charge on any atom is 0.239 e. The number of carbonyl (C=O) groups is 1. The number of amides is 1. The second-order valence-electron chi connectivity index (χ2n) is 3.87. The summed E-state index contributed by atoms with van der Waals surface area (Å²) in [6.45, 7) is 4.10. The predicted octanol–water partition coefficient (Wildman–Crippen LogP) is 2.36. The zero-order valence-electron chi connectivity index (χ0n) is 9.53. The Kier molecular flexibility index (Phi) is 4.96. The van der Waals surface area contributed by atoms with Crippen molar-refractivity contribution in [2.75, 3.05) is 0 Å². The molecule has 1 aromatic carbocycles. The number of hydrogen-bond donors (Lipinski definition) is 2. The summed E-state index contributed by atoms with van der Waals surface area (Å²) in [6, 6.07) is 7.46. The van der Waals surface area contributed by atoms with Gasteiger partial charge in [-0.15, -0.1) is 0 Å². The van der Waals surface area contributed by atoms with E-state index in [0.717, 1.165) is 16.5 Å². The van der Waals surface area contributed by atoms with Crippen molar-refractivity contribution in [3.05, 3.63) is 34.3 Å². The number of nitrogens with two attached hydrogens (primary N) is 1. The molecule has 3 N–H and O–H groups in total. The van der Waals surface area contributed by atoms with Gasteiger partial charge in [-0.2, -0.15) is 0 Å². The Morgan fingerprint density at radius 2 is 2.25 bits per heavy atom. The summed E-state index contributed by atoms with van der Waals surface area (Å²) in [6.07, 6.45) is 0.956. The number of hydrogen-bond acceptors (Lipinski definition) is 2. The minimum Gasteiger partial charge on any atom is -0.368 e. The van der Waals surface area contributed by atoms with E-state index in [0.29, 0.717) is 0 Å². The van der Waals surface area contributed by atoms with E-state index in [9.17, 15) is 4.79 Å². The zero-order chi connectivity index (χ0) is 12.1. The lowest BCUT2D eigenvalue weighted by atomic mass is 10.1. The van der Waals surface area contributed by atoms with Crippen molar-refractivity contribution in [1.82, 2.24) is 5.32 Å².